The molecule has 10 rings (SSSR count). The number of fused-ring (bicyclic) bond motifs is 4. The fourth-order valence-corrected chi connectivity index (χ4v) is 10.0. The number of para-hydroxylation sites is 1. The molecule has 4 saturated heterocycles. The molecule has 2 aromatic carbocycles. The number of imide groups is 1. The summed E-state index contributed by atoms with van der Waals surface area (Å²) in [5, 5.41) is 25.0. The fourth-order valence-electron chi connectivity index (χ4n) is 10.0. The average Bonchev–Trinajstić information content (AvgIpc) is 3.90. The smallest absolute Gasteiger partial charge is 0.320 e. The summed E-state index contributed by atoms with van der Waals surface area (Å²) in [6.45, 7) is 8.54. The number of anilines is 3. The third-order valence-corrected chi connectivity index (χ3v) is 13.3. The van der Waals surface area contributed by atoms with E-state index in [2.05, 4.69) is 51.4 Å². The molecule has 1 aromatic heterocycles. The normalized spacial score (nSPS) is 24.8. The molecular weight excluding hydrogens is 713 g/mol. The largest absolute Gasteiger partial charge is 0.507 e. The molecule has 3 aromatic rings. The number of hydrogen-bond donors (Lipinski definition) is 3. The Balaban J connectivity index is 0.722. The Labute approximate surface area is 325 Å². The van der Waals surface area contributed by atoms with Crippen LogP contribution in [0.1, 0.15) is 54.4 Å². The maximum absolute atomic E-state index is 14.2. The first kappa shape index (κ1) is 35.0. The van der Waals surface area contributed by atoms with Gasteiger partial charge in [0, 0.05) is 95.2 Å². The molecule has 7 aliphatic rings. The number of hydrogen-bond acceptors (Lipinski definition) is 11. The van der Waals surface area contributed by atoms with Gasteiger partial charge >= 0.3 is 6.03 Å². The van der Waals surface area contributed by atoms with E-state index in [-0.39, 0.29) is 47.5 Å². The van der Waals surface area contributed by atoms with Gasteiger partial charge in [0.25, 0.3) is 5.91 Å². The number of amides is 5. The maximum Gasteiger partial charge on any atom is 0.320 e. The SMILES string of the molecule is O=C1CCC(N2Cc3ccc(N4CCC(CN5CCN(C(=O)N6CCN7c8cc(-c9ccccc9O)nnc8NC[C@H]7C6)C6(CC6)C5)CC4)cc3C2=O)C(=O)N1. The van der Waals surface area contributed by atoms with Gasteiger partial charge in [-0.05, 0) is 73.9 Å². The lowest BCUT2D eigenvalue weighted by Gasteiger charge is -2.49. The highest BCUT2D eigenvalue weighted by molar-refractivity contribution is 6.05. The summed E-state index contributed by atoms with van der Waals surface area (Å²) in [5.41, 5.74) is 4.80. The summed E-state index contributed by atoms with van der Waals surface area (Å²) in [6.07, 6.45) is 4.87. The van der Waals surface area contributed by atoms with Crippen LogP contribution < -0.4 is 20.4 Å². The zero-order valence-corrected chi connectivity index (χ0v) is 31.5. The number of aromatic hydroxyl groups is 1. The zero-order valence-electron chi connectivity index (χ0n) is 31.5. The Bertz CT molecular complexity index is 2100. The lowest BCUT2D eigenvalue weighted by molar-refractivity contribution is -0.136. The molecule has 7 heterocycles. The third-order valence-electron chi connectivity index (χ3n) is 13.3. The molecule has 15 heteroatoms. The van der Waals surface area contributed by atoms with E-state index in [0.29, 0.717) is 61.9 Å². The van der Waals surface area contributed by atoms with E-state index < -0.39 is 6.04 Å². The Hall–Kier alpha value is -5.44. The molecule has 1 saturated carbocycles. The first-order valence-electron chi connectivity index (χ1n) is 20.2. The third kappa shape index (κ3) is 6.16. The number of carbonyl (C=O) groups excluding carboxylic acids is 4. The van der Waals surface area contributed by atoms with Crippen molar-refractivity contribution in [2.24, 2.45) is 5.92 Å². The molecule has 1 aliphatic carbocycles. The van der Waals surface area contributed by atoms with Crippen LogP contribution in [0, 0.1) is 5.92 Å². The summed E-state index contributed by atoms with van der Waals surface area (Å²) in [7, 11) is 0. The molecule has 5 fully saturated rings. The standard InChI is InChI=1S/C41H48N10O5/c52-35-4-2-1-3-30(35)32-20-34-37(45-44-32)42-21-29-24-48(16-17-49(29)34)40(56)51-18-15-46(25-41(51)11-12-41)22-26-9-13-47(14-10-26)28-6-5-27-23-50(39(55)31(27)19-28)33-7-8-36(53)43-38(33)54/h1-6,19-20,26,29,33,52H,7-18,21-25H2,(H,42,45)(H,43,53,54)/t29-,33?/m0/s1. The van der Waals surface area contributed by atoms with Gasteiger partial charge in [-0.25, -0.2) is 4.79 Å². The molecule has 2 atom stereocenters. The van der Waals surface area contributed by atoms with Crippen LogP contribution in [0.15, 0.2) is 48.5 Å². The van der Waals surface area contributed by atoms with Crippen molar-refractivity contribution in [1.82, 2.24) is 35.1 Å². The number of nitrogens with zero attached hydrogens (tertiary/aromatic N) is 8. The average molecular weight is 761 g/mol. The highest BCUT2D eigenvalue weighted by atomic mass is 16.3. The Morgan fingerprint density at radius 1 is 0.893 bits per heavy atom. The number of phenols is 1. The van der Waals surface area contributed by atoms with Gasteiger partial charge in [-0.3, -0.25) is 24.6 Å². The zero-order chi connectivity index (χ0) is 38.1. The van der Waals surface area contributed by atoms with Crippen molar-refractivity contribution in [3.05, 3.63) is 59.7 Å². The van der Waals surface area contributed by atoms with E-state index in [1.807, 2.05) is 30.3 Å². The number of benzene rings is 2. The first-order valence-corrected chi connectivity index (χ1v) is 20.2. The molecule has 5 amide bonds. The molecule has 3 N–H and O–H groups in total. The summed E-state index contributed by atoms with van der Waals surface area (Å²) >= 11 is 0. The molecule has 56 heavy (non-hydrogen) atoms. The van der Waals surface area contributed by atoms with Crippen molar-refractivity contribution in [3.8, 4) is 17.0 Å². The molecule has 15 nitrogen and oxygen atoms in total. The van der Waals surface area contributed by atoms with Gasteiger partial charge < -0.3 is 34.9 Å². The number of phenolic OH excluding ortho intramolecular Hbond substituents is 1. The monoisotopic (exact) mass is 760 g/mol. The van der Waals surface area contributed by atoms with E-state index in [9.17, 15) is 24.3 Å². The van der Waals surface area contributed by atoms with Crippen LogP contribution in [0.2, 0.25) is 0 Å². The molecule has 6 aliphatic heterocycles. The molecule has 0 bridgehead atoms. The lowest BCUT2D eigenvalue weighted by Crippen LogP contribution is -2.65. The highest BCUT2D eigenvalue weighted by Gasteiger charge is 2.54. The Morgan fingerprint density at radius 3 is 2.54 bits per heavy atom. The predicted molar refractivity (Wildman–Crippen MR) is 208 cm³/mol. The summed E-state index contributed by atoms with van der Waals surface area (Å²) in [4.78, 5) is 64.9. The van der Waals surface area contributed by atoms with Crippen LogP contribution in [-0.2, 0) is 16.1 Å². The molecular formula is C41H48N10O5. The topological polar surface area (TPSA) is 158 Å². The number of piperidine rings is 2. The van der Waals surface area contributed by atoms with Crippen LogP contribution in [0.25, 0.3) is 11.3 Å². The maximum atomic E-state index is 14.2. The van der Waals surface area contributed by atoms with E-state index >= 15 is 0 Å². The lowest BCUT2D eigenvalue weighted by atomic mass is 9.94. The highest BCUT2D eigenvalue weighted by Crippen LogP contribution is 2.46. The minimum atomic E-state index is -0.603. The number of aromatic nitrogens is 2. The van der Waals surface area contributed by atoms with Crippen molar-refractivity contribution in [1.29, 1.82) is 0 Å². The van der Waals surface area contributed by atoms with Gasteiger partial charge in [-0.1, -0.05) is 18.2 Å². The van der Waals surface area contributed by atoms with Crippen molar-refractivity contribution in [3.63, 3.8) is 0 Å². The number of rotatable bonds is 5. The van der Waals surface area contributed by atoms with Crippen molar-refractivity contribution >= 4 is 40.9 Å². The summed E-state index contributed by atoms with van der Waals surface area (Å²) in [5.74, 6) is 0.692. The van der Waals surface area contributed by atoms with Gasteiger partial charge in [0.1, 0.15) is 11.8 Å². The molecule has 1 unspecified atom stereocenters. The van der Waals surface area contributed by atoms with Crippen LogP contribution in [0.3, 0.4) is 0 Å². The fraction of sp³-hybridized carbons (Fsp3) is 0.512. The van der Waals surface area contributed by atoms with Crippen molar-refractivity contribution in [2.75, 3.05) is 80.6 Å². The van der Waals surface area contributed by atoms with Gasteiger partial charge in [0.15, 0.2) is 5.82 Å². The van der Waals surface area contributed by atoms with Crippen LogP contribution in [0.5, 0.6) is 5.75 Å². The van der Waals surface area contributed by atoms with Crippen molar-refractivity contribution < 1.29 is 24.3 Å². The van der Waals surface area contributed by atoms with Gasteiger partial charge in [-0.2, -0.15) is 0 Å². The molecule has 1 spiro atoms. The Morgan fingerprint density at radius 2 is 1.73 bits per heavy atom. The van der Waals surface area contributed by atoms with Gasteiger partial charge in [0.05, 0.1) is 23.0 Å². The Kier molecular flexibility index (Phi) is 8.53. The van der Waals surface area contributed by atoms with Crippen LogP contribution in [0.4, 0.5) is 22.0 Å². The molecule has 292 valence electrons. The molecule has 0 radical (unpaired) electrons. The second-order valence-corrected chi connectivity index (χ2v) is 16.7. The first-order chi connectivity index (χ1) is 27.2. The second kappa shape index (κ2) is 13.6. The quantitative estimate of drug-likeness (QED) is 0.329. The number of piperazine rings is 2. The minimum Gasteiger partial charge on any atom is -0.507 e. The predicted octanol–water partition coefficient (Wildman–Crippen LogP) is 2.71. The van der Waals surface area contributed by atoms with Gasteiger partial charge in [0.2, 0.25) is 11.8 Å². The van der Waals surface area contributed by atoms with E-state index in [1.165, 1.54) is 0 Å². The second-order valence-electron chi connectivity index (χ2n) is 16.7. The van der Waals surface area contributed by atoms with E-state index in [0.717, 1.165) is 87.7 Å². The number of nitrogens with one attached hydrogen (secondary N) is 2. The summed E-state index contributed by atoms with van der Waals surface area (Å²) < 4.78 is 0. The van der Waals surface area contributed by atoms with Crippen LogP contribution >= 0.6 is 0 Å². The van der Waals surface area contributed by atoms with E-state index in [1.54, 1.807) is 17.0 Å². The number of urea groups is 1. The van der Waals surface area contributed by atoms with Crippen LogP contribution in [-0.4, -0.2) is 142 Å². The van der Waals surface area contributed by atoms with Gasteiger partial charge in [-0.15, -0.1) is 10.2 Å². The summed E-state index contributed by atoms with van der Waals surface area (Å²) in [6, 6.07) is 14.9. The van der Waals surface area contributed by atoms with E-state index in [4.69, 9.17) is 0 Å². The van der Waals surface area contributed by atoms with Crippen molar-refractivity contribution in [2.45, 2.75) is 62.7 Å². The number of carbonyl (C=O) groups is 4. The minimum absolute atomic E-state index is 0.0641.